The molecular formula is C22H12Cl2N2O4. The number of hydrogen-bond donors (Lipinski definition) is 1. The van der Waals surface area contributed by atoms with E-state index >= 15 is 0 Å². The zero-order chi connectivity index (χ0) is 21.4. The van der Waals surface area contributed by atoms with Crippen molar-refractivity contribution in [2.45, 2.75) is 6.04 Å². The van der Waals surface area contributed by atoms with Crippen LogP contribution in [0, 0.1) is 11.3 Å². The maximum atomic E-state index is 12.9. The summed E-state index contributed by atoms with van der Waals surface area (Å²) in [5, 5.41) is 20.4. The van der Waals surface area contributed by atoms with Crippen LogP contribution in [0.4, 0.5) is 5.69 Å². The average Bonchev–Trinajstić information content (AvgIpc) is 3.37. The summed E-state index contributed by atoms with van der Waals surface area (Å²) in [6.07, 6.45) is 1.41. The van der Waals surface area contributed by atoms with Gasteiger partial charge in [0, 0.05) is 11.3 Å². The first-order valence-electron chi connectivity index (χ1n) is 8.72. The molecule has 1 aliphatic heterocycles. The first-order valence-corrected chi connectivity index (χ1v) is 9.48. The van der Waals surface area contributed by atoms with Crippen molar-refractivity contribution in [2.75, 3.05) is 4.90 Å². The summed E-state index contributed by atoms with van der Waals surface area (Å²) in [6, 6.07) is 14.8. The molecule has 2 heterocycles. The number of anilines is 1. The molecule has 3 aromatic rings. The van der Waals surface area contributed by atoms with E-state index in [1.807, 2.05) is 6.07 Å². The second-order valence-corrected chi connectivity index (χ2v) is 7.29. The van der Waals surface area contributed by atoms with Gasteiger partial charge in [-0.3, -0.25) is 14.5 Å². The molecule has 1 amide bonds. The molecule has 1 fully saturated rings. The number of halogens is 2. The Bertz CT molecular complexity index is 1230. The summed E-state index contributed by atoms with van der Waals surface area (Å²) in [5.74, 6) is -1.81. The highest BCUT2D eigenvalue weighted by molar-refractivity contribution is 6.51. The molecule has 6 nitrogen and oxygen atoms in total. The SMILES string of the molecule is N#Cc1ccc(N2C(=O)C(=O)/C(=C(\O)c3ccc(Cl)c(Cl)c3)C2c2ccco2)cc1. The highest BCUT2D eigenvalue weighted by atomic mass is 35.5. The molecule has 0 saturated carbocycles. The number of furan rings is 1. The molecule has 1 atom stereocenters. The van der Waals surface area contributed by atoms with Crippen LogP contribution >= 0.6 is 23.2 Å². The van der Waals surface area contributed by atoms with Crippen molar-refractivity contribution in [2.24, 2.45) is 0 Å². The second kappa shape index (κ2) is 7.71. The first kappa shape index (κ1) is 19.8. The number of carbonyl (C=O) groups is 2. The van der Waals surface area contributed by atoms with Gasteiger partial charge in [-0.05, 0) is 54.6 Å². The van der Waals surface area contributed by atoms with E-state index in [0.29, 0.717) is 17.0 Å². The Morgan fingerprint density at radius 1 is 1.07 bits per heavy atom. The van der Waals surface area contributed by atoms with Gasteiger partial charge in [-0.1, -0.05) is 23.2 Å². The van der Waals surface area contributed by atoms with Crippen LogP contribution in [0.25, 0.3) is 5.76 Å². The fraction of sp³-hybridized carbons (Fsp3) is 0.0455. The Morgan fingerprint density at radius 2 is 1.80 bits per heavy atom. The number of carbonyl (C=O) groups excluding carboxylic acids is 2. The Hall–Kier alpha value is -3.53. The quantitative estimate of drug-likeness (QED) is 0.349. The lowest BCUT2D eigenvalue weighted by atomic mass is 9.99. The molecule has 1 unspecified atom stereocenters. The van der Waals surface area contributed by atoms with Crippen LogP contribution in [0.3, 0.4) is 0 Å². The van der Waals surface area contributed by atoms with Gasteiger partial charge in [-0.15, -0.1) is 0 Å². The zero-order valence-electron chi connectivity index (χ0n) is 15.2. The molecule has 30 heavy (non-hydrogen) atoms. The lowest BCUT2D eigenvalue weighted by Crippen LogP contribution is -2.29. The minimum atomic E-state index is -0.998. The molecule has 148 valence electrons. The molecule has 0 aliphatic carbocycles. The van der Waals surface area contributed by atoms with E-state index in [1.165, 1.54) is 41.5 Å². The summed E-state index contributed by atoms with van der Waals surface area (Å²) in [6.45, 7) is 0. The van der Waals surface area contributed by atoms with Crippen molar-refractivity contribution in [1.29, 1.82) is 5.26 Å². The number of nitriles is 1. The van der Waals surface area contributed by atoms with Crippen molar-refractivity contribution >= 4 is 46.3 Å². The number of benzene rings is 2. The van der Waals surface area contributed by atoms with Crippen LogP contribution in [-0.4, -0.2) is 16.8 Å². The number of ketones is 1. The van der Waals surface area contributed by atoms with Crippen LogP contribution < -0.4 is 4.90 Å². The molecule has 1 saturated heterocycles. The van der Waals surface area contributed by atoms with Crippen LogP contribution in [0.1, 0.15) is 22.9 Å². The fourth-order valence-corrected chi connectivity index (χ4v) is 3.61. The van der Waals surface area contributed by atoms with Crippen molar-refractivity contribution in [3.63, 3.8) is 0 Å². The van der Waals surface area contributed by atoms with Gasteiger partial charge in [0.1, 0.15) is 17.6 Å². The molecule has 1 aromatic heterocycles. The fourth-order valence-electron chi connectivity index (χ4n) is 3.31. The first-order chi connectivity index (χ1) is 14.4. The number of nitrogens with zero attached hydrogens (tertiary/aromatic N) is 2. The van der Waals surface area contributed by atoms with E-state index in [2.05, 4.69) is 0 Å². The number of rotatable bonds is 3. The van der Waals surface area contributed by atoms with E-state index in [1.54, 1.807) is 24.3 Å². The third-order valence-corrected chi connectivity index (χ3v) is 5.46. The highest BCUT2D eigenvalue weighted by Crippen LogP contribution is 2.42. The topological polar surface area (TPSA) is 94.5 Å². The summed E-state index contributed by atoms with van der Waals surface area (Å²) < 4.78 is 5.48. The second-order valence-electron chi connectivity index (χ2n) is 6.47. The van der Waals surface area contributed by atoms with E-state index in [0.717, 1.165) is 0 Å². The summed E-state index contributed by atoms with van der Waals surface area (Å²) >= 11 is 12.0. The van der Waals surface area contributed by atoms with Gasteiger partial charge in [0.05, 0.1) is 33.5 Å². The molecule has 0 spiro atoms. The Morgan fingerprint density at radius 3 is 2.40 bits per heavy atom. The Balaban J connectivity index is 1.91. The van der Waals surface area contributed by atoms with Gasteiger partial charge in [-0.2, -0.15) is 5.26 Å². The summed E-state index contributed by atoms with van der Waals surface area (Å²) in [4.78, 5) is 27.1. The number of amides is 1. The normalized spacial score (nSPS) is 17.9. The molecule has 1 N–H and O–H groups in total. The van der Waals surface area contributed by atoms with Crippen LogP contribution in [-0.2, 0) is 9.59 Å². The van der Waals surface area contributed by atoms with E-state index in [9.17, 15) is 14.7 Å². The molecule has 2 aromatic carbocycles. The molecule has 1 aliphatic rings. The van der Waals surface area contributed by atoms with Crippen LogP contribution in [0.5, 0.6) is 0 Å². The summed E-state index contributed by atoms with van der Waals surface area (Å²) in [7, 11) is 0. The highest BCUT2D eigenvalue weighted by Gasteiger charge is 2.48. The van der Waals surface area contributed by atoms with Crippen molar-refractivity contribution < 1.29 is 19.1 Å². The number of aliphatic hydroxyl groups excluding tert-OH is 1. The lowest BCUT2D eigenvalue weighted by Gasteiger charge is -2.23. The molecule has 4 rings (SSSR count). The minimum absolute atomic E-state index is 0.141. The van der Waals surface area contributed by atoms with Crippen molar-refractivity contribution in [3.8, 4) is 6.07 Å². The Kier molecular flexibility index (Phi) is 5.08. The van der Waals surface area contributed by atoms with Crippen molar-refractivity contribution in [3.05, 3.63) is 93.4 Å². The lowest BCUT2D eigenvalue weighted by molar-refractivity contribution is -0.132. The molecule has 0 bridgehead atoms. The molecule has 0 radical (unpaired) electrons. The average molecular weight is 439 g/mol. The van der Waals surface area contributed by atoms with Crippen LogP contribution in [0.15, 0.2) is 70.9 Å². The molecule has 8 heteroatoms. The van der Waals surface area contributed by atoms with Gasteiger partial charge in [0.15, 0.2) is 0 Å². The van der Waals surface area contributed by atoms with Gasteiger partial charge < -0.3 is 9.52 Å². The number of hydrogen-bond acceptors (Lipinski definition) is 5. The predicted molar refractivity (Wildman–Crippen MR) is 111 cm³/mol. The number of aliphatic hydroxyl groups is 1. The third kappa shape index (κ3) is 3.24. The zero-order valence-corrected chi connectivity index (χ0v) is 16.7. The van der Waals surface area contributed by atoms with Gasteiger partial charge in [0.25, 0.3) is 11.7 Å². The number of Topliss-reactive ketones (excluding diaryl/α,β-unsaturated/α-hetero) is 1. The minimum Gasteiger partial charge on any atom is -0.507 e. The predicted octanol–water partition coefficient (Wildman–Crippen LogP) is 5.08. The van der Waals surface area contributed by atoms with Crippen LogP contribution in [0.2, 0.25) is 10.0 Å². The van der Waals surface area contributed by atoms with Gasteiger partial charge in [-0.25, -0.2) is 0 Å². The smallest absolute Gasteiger partial charge is 0.300 e. The van der Waals surface area contributed by atoms with Gasteiger partial charge >= 0.3 is 0 Å². The maximum absolute atomic E-state index is 12.9. The van der Waals surface area contributed by atoms with E-state index in [-0.39, 0.29) is 21.2 Å². The Labute approximate surface area is 181 Å². The van der Waals surface area contributed by atoms with Gasteiger partial charge in [0.2, 0.25) is 0 Å². The van der Waals surface area contributed by atoms with E-state index in [4.69, 9.17) is 32.9 Å². The summed E-state index contributed by atoms with van der Waals surface area (Å²) in [5.41, 5.74) is 0.878. The largest absolute Gasteiger partial charge is 0.507 e. The maximum Gasteiger partial charge on any atom is 0.300 e. The van der Waals surface area contributed by atoms with E-state index < -0.39 is 23.5 Å². The molecular weight excluding hydrogens is 427 g/mol. The standard InChI is InChI=1S/C22H12Cl2N2O4/c23-15-8-5-13(10-16(15)24)20(27)18-19(17-2-1-9-30-17)26(22(29)21(18)28)14-6-3-12(11-25)4-7-14/h1-10,19,27H/b20-18-. The third-order valence-electron chi connectivity index (χ3n) is 4.72. The van der Waals surface area contributed by atoms with Crippen molar-refractivity contribution in [1.82, 2.24) is 0 Å². The monoisotopic (exact) mass is 438 g/mol.